The first-order valence-corrected chi connectivity index (χ1v) is 6.22. The van der Waals surface area contributed by atoms with Crippen LogP contribution >= 0.6 is 0 Å². The maximum Gasteiger partial charge on any atom is 0.334 e. The molecule has 0 aromatic rings. The minimum Gasteiger partial charge on any atom is -0.463 e. The van der Waals surface area contributed by atoms with Gasteiger partial charge in [-0.3, -0.25) is 0 Å². The maximum atomic E-state index is 11.8. The lowest BCUT2D eigenvalue weighted by Gasteiger charge is -2.13. The molecule has 0 unspecified atom stereocenters. The van der Waals surface area contributed by atoms with Crippen molar-refractivity contribution in [1.82, 2.24) is 0 Å². The number of methoxy groups -OCH3 is 1. The summed E-state index contributed by atoms with van der Waals surface area (Å²) in [6, 6.07) is 0. The Hall–Kier alpha value is -1.84. The lowest BCUT2D eigenvalue weighted by Crippen LogP contribution is -2.12. The second-order valence-corrected chi connectivity index (χ2v) is 3.87. The van der Waals surface area contributed by atoms with E-state index >= 15 is 0 Å². The zero-order chi connectivity index (χ0) is 14.1. The van der Waals surface area contributed by atoms with Crippen LogP contribution in [0.2, 0.25) is 0 Å². The maximum absolute atomic E-state index is 11.8. The summed E-state index contributed by atoms with van der Waals surface area (Å²) >= 11 is 0. The van der Waals surface area contributed by atoms with E-state index in [1.54, 1.807) is 20.1 Å². The zero-order valence-electron chi connectivity index (χ0n) is 11.6. The third-order valence-electron chi connectivity index (χ3n) is 2.33. The molecule has 0 spiro atoms. The molecule has 1 aliphatic rings. The van der Waals surface area contributed by atoms with Crippen molar-refractivity contribution in [3.05, 3.63) is 28.9 Å². The fraction of sp³-hybridized carbons (Fsp3) is 0.500. The molecule has 0 aromatic heterocycles. The van der Waals surface area contributed by atoms with Crippen LogP contribution in [0.15, 0.2) is 34.0 Å². The molecule has 0 amide bonds. The van der Waals surface area contributed by atoms with Crippen molar-refractivity contribution >= 4 is 11.8 Å². The third-order valence-corrected chi connectivity index (χ3v) is 2.33. The van der Waals surface area contributed by atoms with Gasteiger partial charge in [0.1, 0.15) is 6.61 Å². The average molecular weight is 265 g/mol. The van der Waals surface area contributed by atoms with E-state index in [2.05, 4.69) is 11.0 Å². The first-order valence-electron chi connectivity index (χ1n) is 6.22. The Balaban J connectivity index is 2.93. The number of carbonyl (C=O) groups is 1. The molecule has 0 aromatic carbocycles. The van der Waals surface area contributed by atoms with Crippen LogP contribution in [0.4, 0.5) is 0 Å². The van der Waals surface area contributed by atoms with Crippen LogP contribution in [0, 0.1) is 0 Å². The summed E-state index contributed by atoms with van der Waals surface area (Å²) in [6.07, 6.45) is 4.10. The predicted molar refractivity (Wildman–Crippen MR) is 71.9 cm³/mol. The summed E-state index contributed by atoms with van der Waals surface area (Å²) in [5.74, 6) is 2.46. The van der Waals surface area contributed by atoms with Gasteiger partial charge in [-0.05, 0) is 36.7 Å². The molecule has 0 fully saturated rings. The molecule has 0 aliphatic heterocycles. The summed E-state index contributed by atoms with van der Waals surface area (Å²) in [6.45, 7) is 4.87. The molecule has 0 saturated carbocycles. The topological polar surface area (TPSA) is 57.1 Å². The fourth-order valence-corrected chi connectivity index (χ4v) is 1.63. The zero-order valence-corrected chi connectivity index (χ0v) is 11.6. The number of allylic oxidation sites excluding steroid dienone is 2. The van der Waals surface area contributed by atoms with Crippen molar-refractivity contribution in [2.24, 2.45) is 5.16 Å². The summed E-state index contributed by atoms with van der Waals surface area (Å²) in [5, 5.41) is 3.70. The van der Waals surface area contributed by atoms with E-state index in [4.69, 9.17) is 14.3 Å². The van der Waals surface area contributed by atoms with E-state index in [0.717, 1.165) is 11.1 Å². The Morgan fingerprint density at radius 2 is 2.16 bits per heavy atom. The van der Waals surface area contributed by atoms with Gasteiger partial charge in [-0.15, -0.1) is 0 Å². The molecule has 5 heteroatoms. The summed E-state index contributed by atoms with van der Waals surface area (Å²) in [7, 11) is 1.60. The normalized spacial score (nSPS) is 14.2. The van der Waals surface area contributed by atoms with E-state index in [0.29, 0.717) is 31.8 Å². The molecule has 104 valence electrons. The molecule has 5 nitrogen and oxygen atoms in total. The summed E-state index contributed by atoms with van der Waals surface area (Å²) in [5.41, 5.74) is 2.22. The van der Waals surface area contributed by atoms with Crippen LogP contribution < -0.4 is 0 Å². The highest BCUT2D eigenvalue weighted by atomic mass is 16.6. The smallest absolute Gasteiger partial charge is 0.334 e. The van der Waals surface area contributed by atoms with Crippen LogP contribution in [0.25, 0.3) is 0 Å². The predicted octanol–water partition coefficient (Wildman–Crippen LogP) is 2.00. The number of hydrogen-bond acceptors (Lipinski definition) is 5. The lowest BCUT2D eigenvalue weighted by molar-refractivity contribution is -0.138. The Kier molecular flexibility index (Phi) is 6.64. The highest BCUT2D eigenvalue weighted by molar-refractivity contribution is 5.91. The third kappa shape index (κ3) is 5.12. The van der Waals surface area contributed by atoms with Gasteiger partial charge in [-0.25, -0.2) is 4.79 Å². The van der Waals surface area contributed by atoms with Crippen LogP contribution in [0.5, 0.6) is 0 Å². The molecule has 0 heterocycles. The standard InChI is InChI=1S/C14H19NO4/c1-4-18-14(16)13-7-11(9-15-19-5-2)6-12(8-13)10-17-3/h6,8H,4-5,7,10H2,1-3H3. The first kappa shape index (κ1) is 15.2. The van der Waals surface area contributed by atoms with E-state index in [-0.39, 0.29) is 5.97 Å². The second kappa shape index (κ2) is 8.29. The number of rotatable bonds is 6. The molecule has 19 heavy (non-hydrogen) atoms. The van der Waals surface area contributed by atoms with Gasteiger partial charge in [-0.1, -0.05) is 0 Å². The minimum atomic E-state index is -0.320. The highest BCUT2D eigenvalue weighted by Gasteiger charge is 2.17. The van der Waals surface area contributed by atoms with Gasteiger partial charge in [0.05, 0.1) is 13.2 Å². The number of hydrogen-bond donors (Lipinski definition) is 0. The van der Waals surface area contributed by atoms with Gasteiger partial charge >= 0.3 is 5.97 Å². The van der Waals surface area contributed by atoms with E-state index < -0.39 is 0 Å². The van der Waals surface area contributed by atoms with E-state index in [9.17, 15) is 4.79 Å². The van der Waals surface area contributed by atoms with Crippen molar-refractivity contribution in [2.75, 3.05) is 26.9 Å². The second-order valence-electron chi connectivity index (χ2n) is 3.87. The SMILES string of the molecule is CCON=C=C1C=C(COC)C=C(C(=O)OCC)C1. The van der Waals surface area contributed by atoms with Crippen LogP contribution in [0.1, 0.15) is 20.3 Å². The van der Waals surface area contributed by atoms with Gasteiger partial charge in [0.15, 0.2) is 0 Å². The van der Waals surface area contributed by atoms with Crippen LogP contribution in [-0.4, -0.2) is 38.8 Å². The molecule has 0 bridgehead atoms. The van der Waals surface area contributed by atoms with Gasteiger partial charge < -0.3 is 14.3 Å². The largest absolute Gasteiger partial charge is 0.463 e. The van der Waals surface area contributed by atoms with Gasteiger partial charge in [0.2, 0.25) is 0 Å². The van der Waals surface area contributed by atoms with E-state index in [1.807, 2.05) is 13.0 Å². The fourth-order valence-electron chi connectivity index (χ4n) is 1.63. The van der Waals surface area contributed by atoms with E-state index in [1.165, 1.54) is 0 Å². The molecule has 0 radical (unpaired) electrons. The summed E-state index contributed by atoms with van der Waals surface area (Å²) < 4.78 is 10.1. The van der Waals surface area contributed by atoms with Crippen molar-refractivity contribution in [1.29, 1.82) is 0 Å². The van der Waals surface area contributed by atoms with Crippen LogP contribution in [0.3, 0.4) is 0 Å². The molecule has 0 N–H and O–H groups in total. The molecule has 1 rings (SSSR count). The van der Waals surface area contributed by atoms with Gasteiger partial charge in [0, 0.05) is 30.5 Å². The van der Waals surface area contributed by atoms with Crippen molar-refractivity contribution in [3.63, 3.8) is 0 Å². The Bertz CT molecular complexity index is 442. The minimum absolute atomic E-state index is 0.320. The Labute approximate surface area is 113 Å². The van der Waals surface area contributed by atoms with Crippen molar-refractivity contribution < 1.29 is 19.1 Å². The Morgan fingerprint density at radius 3 is 2.79 bits per heavy atom. The quantitative estimate of drug-likeness (QED) is 0.419. The lowest BCUT2D eigenvalue weighted by atomic mass is 9.96. The monoisotopic (exact) mass is 265 g/mol. The number of nitrogens with zero attached hydrogens (tertiary/aromatic N) is 1. The summed E-state index contributed by atoms with van der Waals surface area (Å²) in [4.78, 5) is 16.6. The highest BCUT2D eigenvalue weighted by Crippen LogP contribution is 2.21. The van der Waals surface area contributed by atoms with Gasteiger partial charge in [-0.2, -0.15) is 0 Å². The van der Waals surface area contributed by atoms with Crippen molar-refractivity contribution in [3.8, 4) is 0 Å². The number of ether oxygens (including phenoxy) is 2. The molecular formula is C14H19NO4. The number of carbonyl (C=O) groups excluding carboxylic acids is 1. The van der Waals surface area contributed by atoms with Gasteiger partial charge in [0.25, 0.3) is 0 Å². The molecule has 0 saturated heterocycles. The Morgan fingerprint density at radius 1 is 1.37 bits per heavy atom. The molecule has 1 aliphatic carbocycles. The number of esters is 1. The molecule has 0 atom stereocenters. The molecular weight excluding hydrogens is 246 g/mol. The van der Waals surface area contributed by atoms with Crippen molar-refractivity contribution in [2.45, 2.75) is 20.3 Å². The average Bonchev–Trinajstić information content (AvgIpc) is 2.39. The first-order chi connectivity index (χ1) is 9.21. The van der Waals surface area contributed by atoms with Crippen LogP contribution in [-0.2, 0) is 19.1 Å².